The van der Waals surface area contributed by atoms with Crippen LogP contribution in [-0.4, -0.2) is 19.3 Å². The van der Waals surface area contributed by atoms with Gasteiger partial charge in [-0.15, -0.1) is 0 Å². The van der Waals surface area contributed by atoms with Crippen molar-refractivity contribution < 1.29 is 9.13 Å². The van der Waals surface area contributed by atoms with Gasteiger partial charge in [0.1, 0.15) is 5.82 Å². The van der Waals surface area contributed by atoms with Gasteiger partial charge in [-0.25, -0.2) is 4.39 Å². The van der Waals surface area contributed by atoms with Crippen molar-refractivity contribution in [3.63, 3.8) is 0 Å². The molecule has 1 aromatic rings. The number of methoxy groups -OCH3 is 1. The fourth-order valence-corrected chi connectivity index (χ4v) is 1.78. The third-order valence-electron chi connectivity index (χ3n) is 2.61. The van der Waals surface area contributed by atoms with E-state index < -0.39 is 0 Å². The Bertz CT molecular complexity index is 349. The number of halogens is 2. The van der Waals surface area contributed by atoms with E-state index in [9.17, 15) is 4.39 Å². The Morgan fingerprint density at radius 1 is 1.56 bits per heavy atom. The van der Waals surface area contributed by atoms with Crippen LogP contribution in [0.15, 0.2) is 22.7 Å². The summed E-state index contributed by atoms with van der Waals surface area (Å²) in [6, 6.07) is 4.89. The Labute approximate surface area is 103 Å². The van der Waals surface area contributed by atoms with Gasteiger partial charge in [0, 0.05) is 11.6 Å². The number of rotatable bonds is 5. The number of benzene rings is 1. The summed E-state index contributed by atoms with van der Waals surface area (Å²) < 4.78 is 19.5. The van der Waals surface area contributed by atoms with E-state index in [1.54, 1.807) is 13.2 Å². The van der Waals surface area contributed by atoms with Crippen molar-refractivity contribution in [2.24, 2.45) is 5.84 Å². The molecule has 0 spiro atoms. The average molecular weight is 291 g/mol. The maximum atomic E-state index is 13.6. The first-order chi connectivity index (χ1) is 7.58. The van der Waals surface area contributed by atoms with Gasteiger partial charge < -0.3 is 4.74 Å². The van der Waals surface area contributed by atoms with Crippen molar-refractivity contribution in [2.75, 3.05) is 7.11 Å². The summed E-state index contributed by atoms with van der Waals surface area (Å²) in [5.41, 5.74) is 3.26. The van der Waals surface area contributed by atoms with Crippen LogP contribution in [0.25, 0.3) is 0 Å². The van der Waals surface area contributed by atoms with Crippen LogP contribution in [0, 0.1) is 5.82 Å². The second-order valence-electron chi connectivity index (χ2n) is 3.65. The molecule has 0 amide bonds. The molecule has 0 heterocycles. The topological polar surface area (TPSA) is 47.3 Å². The van der Waals surface area contributed by atoms with E-state index in [1.165, 1.54) is 6.07 Å². The van der Waals surface area contributed by atoms with Gasteiger partial charge in [0.15, 0.2) is 0 Å². The van der Waals surface area contributed by atoms with Gasteiger partial charge in [-0.05, 0) is 31.0 Å². The molecule has 90 valence electrons. The van der Waals surface area contributed by atoms with E-state index in [0.717, 1.165) is 4.47 Å². The van der Waals surface area contributed by atoms with Crippen LogP contribution in [0.5, 0.6) is 0 Å². The number of ether oxygens (including phenoxy) is 1. The second-order valence-corrected chi connectivity index (χ2v) is 4.57. The van der Waals surface area contributed by atoms with E-state index in [2.05, 4.69) is 21.4 Å². The highest BCUT2D eigenvalue weighted by Gasteiger charge is 2.17. The lowest BCUT2D eigenvalue weighted by atomic mass is 10.0. The van der Waals surface area contributed by atoms with Crippen LogP contribution >= 0.6 is 15.9 Å². The first-order valence-electron chi connectivity index (χ1n) is 5.01. The highest BCUT2D eigenvalue weighted by Crippen LogP contribution is 2.17. The lowest BCUT2D eigenvalue weighted by Crippen LogP contribution is -2.45. The molecule has 0 saturated carbocycles. The van der Waals surface area contributed by atoms with Crippen molar-refractivity contribution in [2.45, 2.75) is 25.5 Å². The molecule has 0 fully saturated rings. The maximum Gasteiger partial charge on any atom is 0.127 e. The molecule has 1 rings (SSSR count). The van der Waals surface area contributed by atoms with Gasteiger partial charge in [-0.1, -0.05) is 22.0 Å². The summed E-state index contributed by atoms with van der Waals surface area (Å²) in [5.74, 6) is 5.18. The third kappa shape index (κ3) is 3.52. The molecule has 0 aliphatic carbocycles. The predicted octanol–water partition coefficient (Wildman–Crippen LogP) is 2.00. The highest BCUT2D eigenvalue weighted by atomic mass is 79.9. The average Bonchev–Trinajstić information content (AvgIpc) is 2.27. The van der Waals surface area contributed by atoms with Crippen LogP contribution in [0.3, 0.4) is 0 Å². The Morgan fingerprint density at radius 2 is 2.25 bits per heavy atom. The summed E-state index contributed by atoms with van der Waals surface area (Å²) in [6.07, 6.45) is 0.415. The van der Waals surface area contributed by atoms with Crippen LogP contribution < -0.4 is 11.3 Å². The van der Waals surface area contributed by atoms with E-state index >= 15 is 0 Å². The number of hydrogen-bond donors (Lipinski definition) is 2. The van der Waals surface area contributed by atoms with Gasteiger partial charge in [0.05, 0.1) is 12.1 Å². The maximum absolute atomic E-state index is 13.6. The summed E-state index contributed by atoms with van der Waals surface area (Å²) >= 11 is 3.22. The third-order valence-corrected chi connectivity index (χ3v) is 3.10. The summed E-state index contributed by atoms with van der Waals surface area (Å²) in [5, 5.41) is 0. The Morgan fingerprint density at radius 3 is 2.75 bits per heavy atom. The van der Waals surface area contributed by atoms with Crippen molar-refractivity contribution in [3.8, 4) is 0 Å². The zero-order chi connectivity index (χ0) is 12.1. The highest BCUT2D eigenvalue weighted by molar-refractivity contribution is 9.10. The standard InChI is InChI=1S/C11H16BrFN2O/c1-7(16-2)11(15-14)5-8-3-4-9(12)6-10(8)13/h3-4,6-7,11,15H,5,14H2,1-2H3. The minimum Gasteiger partial charge on any atom is -0.380 e. The Kier molecular flexibility index (Phi) is 5.34. The van der Waals surface area contributed by atoms with E-state index in [4.69, 9.17) is 10.6 Å². The first kappa shape index (κ1) is 13.6. The zero-order valence-corrected chi connectivity index (χ0v) is 10.9. The zero-order valence-electron chi connectivity index (χ0n) is 9.34. The van der Waals surface area contributed by atoms with Gasteiger partial charge >= 0.3 is 0 Å². The van der Waals surface area contributed by atoms with Crippen molar-refractivity contribution in [1.82, 2.24) is 5.43 Å². The molecule has 0 aliphatic heterocycles. The molecule has 5 heteroatoms. The van der Waals surface area contributed by atoms with Crippen LogP contribution in [0.4, 0.5) is 4.39 Å². The fourth-order valence-electron chi connectivity index (χ4n) is 1.45. The smallest absolute Gasteiger partial charge is 0.127 e. The minimum atomic E-state index is -0.238. The molecular weight excluding hydrogens is 275 g/mol. The summed E-state index contributed by atoms with van der Waals surface area (Å²) in [7, 11) is 1.60. The first-order valence-corrected chi connectivity index (χ1v) is 5.80. The lowest BCUT2D eigenvalue weighted by Gasteiger charge is -2.22. The van der Waals surface area contributed by atoms with Crippen LogP contribution in [0.2, 0.25) is 0 Å². The van der Waals surface area contributed by atoms with Crippen LogP contribution in [-0.2, 0) is 11.2 Å². The molecule has 2 unspecified atom stereocenters. The van der Waals surface area contributed by atoms with Gasteiger partial charge in [0.25, 0.3) is 0 Å². The number of hydrogen-bond acceptors (Lipinski definition) is 3. The van der Waals surface area contributed by atoms with E-state index in [1.807, 2.05) is 13.0 Å². The molecular formula is C11H16BrFN2O. The quantitative estimate of drug-likeness (QED) is 0.644. The molecule has 16 heavy (non-hydrogen) atoms. The summed E-state index contributed by atoms with van der Waals surface area (Å²) in [6.45, 7) is 1.89. The Hall–Kier alpha value is -0.490. The fraction of sp³-hybridized carbons (Fsp3) is 0.455. The van der Waals surface area contributed by atoms with Gasteiger partial charge in [-0.2, -0.15) is 0 Å². The molecule has 0 radical (unpaired) electrons. The number of nitrogens with two attached hydrogens (primary N) is 1. The molecule has 3 N–H and O–H groups in total. The summed E-state index contributed by atoms with van der Waals surface area (Å²) in [4.78, 5) is 0. The molecule has 2 atom stereocenters. The minimum absolute atomic E-state index is 0.0759. The second kappa shape index (κ2) is 6.30. The SMILES string of the molecule is COC(C)C(Cc1ccc(Br)cc1F)NN. The predicted molar refractivity (Wildman–Crippen MR) is 65.4 cm³/mol. The van der Waals surface area contributed by atoms with E-state index in [-0.39, 0.29) is 18.0 Å². The normalized spacial score (nSPS) is 14.8. The largest absolute Gasteiger partial charge is 0.380 e. The van der Waals surface area contributed by atoms with Crippen LogP contribution in [0.1, 0.15) is 12.5 Å². The molecule has 0 aliphatic rings. The van der Waals surface area contributed by atoms with Gasteiger partial charge in [-0.3, -0.25) is 11.3 Å². The molecule has 1 aromatic carbocycles. The molecule has 0 aromatic heterocycles. The van der Waals surface area contributed by atoms with Crippen molar-refractivity contribution in [1.29, 1.82) is 0 Å². The van der Waals surface area contributed by atoms with Crippen molar-refractivity contribution in [3.05, 3.63) is 34.1 Å². The van der Waals surface area contributed by atoms with Gasteiger partial charge in [0.2, 0.25) is 0 Å². The Balaban J connectivity index is 2.78. The molecule has 3 nitrogen and oxygen atoms in total. The lowest BCUT2D eigenvalue weighted by molar-refractivity contribution is 0.0828. The number of nitrogens with one attached hydrogen (secondary N) is 1. The van der Waals surface area contributed by atoms with Crippen molar-refractivity contribution >= 4 is 15.9 Å². The van der Waals surface area contributed by atoms with E-state index in [0.29, 0.717) is 12.0 Å². The molecule has 0 bridgehead atoms. The monoisotopic (exact) mass is 290 g/mol. The number of hydrazine groups is 1. The molecule has 0 saturated heterocycles.